The van der Waals surface area contributed by atoms with Gasteiger partial charge in [-0.25, -0.2) is 0 Å². The highest BCUT2D eigenvalue weighted by molar-refractivity contribution is 4.73. The Labute approximate surface area is 80.4 Å². The van der Waals surface area contributed by atoms with Gasteiger partial charge in [0.25, 0.3) is 0 Å². The normalized spacial score (nSPS) is 25.3. The largest absolute Gasteiger partial charge is 0.414 e. The Morgan fingerprint density at radius 1 is 1.50 bits per heavy atom. The topological polar surface area (TPSA) is 44.5 Å². The molecular formula is C8H14F3NO2. The second-order valence-electron chi connectivity index (χ2n) is 3.23. The van der Waals surface area contributed by atoms with Crippen LogP contribution >= 0.6 is 0 Å². The van der Waals surface area contributed by atoms with E-state index < -0.39 is 18.4 Å². The summed E-state index contributed by atoms with van der Waals surface area (Å²) >= 11 is 0. The monoisotopic (exact) mass is 213 g/mol. The Balaban J connectivity index is 2.41. The first-order valence-electron chi connectivity index (χ1n) is 4.54. The lowest BCUT2D eigenvalue weighted by Crippen LogP contribution is -2.37. The first-order valence-corrected chi connectivity index (χ1v) is 4.54. The third-order valence-electron chi connectivity index (χ3n) is 2.04. The summed E-state index contributed by atoms with van der Waals surface area (Å²) in [5, 5.41) is 0. The molecule has 0 radical (unpaired) electrons. The molecule has 1 aliphatic heterocycles. The Bertz CT molecular complexity index is 168. The molecule has 0 aromatic carbocycles. The summed E-state index contributed by atoms with van der Waals surface area (Å²) < 4.78 is 46.8. The van der Waals surface area contributed by atoms with E-state index in [1.807, 2.05) is 0 Å². The molecular weight excluding hydrogens is 199 g/mol. The molecule has 6 heteroatoms. The van der Waals surface area contributed by atoms with Crippen molar-refractivity contribution >= 4 is 0 Å². The van der Waals surface area contributed by atoms with Crippen molar-refractivity contribution < 1.29 is 22.6 Å². The van der Waals surface area contributed by atoms with E-state index in [0.717, 1.165) is 0 Å². The fourth-order valence-electron chi connectivity index (χ4n) is 1.31. The molecule has 0 amide bonds. The number of rotatable bonds is 4. The zero-order valence-corrected chi connectivity index (χ0v) is 7.72. The second kappa shape index (κ2) is 4.95. The van der Waals surface area contributed by atoms with Crippen LogP contribution in [0.15, 0.2) is 0 Å². The van der Waals surface area contributed by atoms with Crippen molar-refractivity contribution in [1.29, 1.82) is 0 Å². The molecule has 2 unspecified atom stereocenters. The van der Waals surface area contributed by atoms with E-state index in [2.05, 4.69) is 0 Å². The minimum Gasteiger partial charge on any atom is -0.379 e. The molecule has 1 rings (SSSR count). The Hall–Kier alpha value is -0.330. The fraction of sp³-hybridized carbons (Fsp3) is 1.00. The average Bonchev–Trinajstić information content (AvgIpc) is 2.54. The number of halogens is 3. The number of hydrogen-bond acceptors (Lipinski definition) is 3. The van der Waals surface area contributed by atoms with Gasteiger partial charge in [0.1, 0.15) is 0 Å². The lowest BCUT2D eigenvalue weighted by Gasteiger charge is -2.23. The van der Waals surface area contributed by atoms with Crippen molar-refractivity contribution in [3.63, 3.8) is 0 Å². The first-order chi connectivity index (χ1) is 6.54. The lowest BCUT2D eigenvalue weighted by molar-refractivity contribution is -0.233. The van der Waals surface area contributed by atoms with Crippen LogP contribution in [0.2, 0.25) is 0 Å². The number of nitrogens with two attached hydrogens (primary N) is 1. The third kappa shape index (κ3) is 3.43. The summed E-state index contributed by atoms with van der Waals surface area (Å²) in [4.78, 5) is 0. The molecule has 1 fully saturated rings. The Kier molecular flexibility index (Phi) is 4.15. The van der Waals surface area contributed by atoms with Crippen molar-refractivity contribution in [2.75, 3.05) is 19.8 Å². The maximum absolute atomic E-state index is 12.3. The van der Waals surface area contributed by atoms with E-state index in [-0.39, 0.29) is 19.6 Å². The van der Waals surface area contributed by atoms with E-state index in [9.17, 15) is 13.2 Å². The molecule has 0 spiro atoms. The van der Waals surface area contributed by atoms with Crippen LogP contribution in [0.1, 0.15) is 12.8 Å². The molecule has 3 nitrogen and oxygen atoms in total. The van der Waals surface area contributed by atoms with E-state index in [0.29, 0.717) is 13.0 Å². The molecule has 0 aliphatic carbocycles. The quantitative estimate of drug-likeness (QED) is 0.759. The van der Waals surface area contributed by atoms with E-state index in [1.54, 1.807) is 0 Å². The highest BCUT2D eigenvalue weighted by Crippen LogP contribution is 2.27. The summed E-state index contributed by atoms with van der Waals surface area (Å²) in [6.07, 6.45) is -6.19. The number of alkyl halides is 3. The number of hydrogen-bond donors (Lipinski definition) is 1. The highest BCUT2D eigenvalue weighted by Gasteiger charge is 2.41. The van der Waals surface area contributed by atoms with E-state index in [1.165, 1.54) is 0 Å². The third-order valence-corrected chi connectivity index (χ3v) is 2.04. The molecule has 14 heavy (non-hydrogen) atoms. The fourth-order valence-corrected chi connectivity index (χ4v) is 1.31. The average molecular weight is 213 g/mol. The van der Waals surface area contributed by atoms with Gasteiger partial charge in [0.05, 0.1) is 12.7 Å². The summed E-state index contributed by atoms with van der Waals surface area (Å²) in [7, 11) is 0. The van der Waals surface area contributed by atoms with Crippen molar-refractivity contribution in [2.24, 2.45) is 5.73 Å². The van der Waals surface area contributed by atoms with Crippen LogP contribution in [0.5, 0.6) is 0 Å². The van der Waals surface area contributed by atoms with Gasteiger partial charge in [0.2, 0.25) is 0 Å². The first kappa shape index (κ1) is 11.7. The van der Waals surface area contributed by atoms with Gasteiger partial charge in [-0.1, -0.05) is 0 Å². The molecule has 1 heterocycles. The minimum absolute atomic E-state index is 0.0300. The smallest absolute Gasteiger partial charge is 0.379 e. The molecule has 0 bridgehead atoms. The van der Waals surface area contributed by atoms with Crippen molar-refractivity contribution in [3.05, 3.63) is 0 Å². The van der Waals surface area contributed by atoms with Crippen LogP contribution < -0.4 is 5.73 Å². The van der Waals surface area contributed by atoms with Crippen molar-refractivity contribution in [3.8, 4) is 0 Å². The van der Waals surface area contributed by atoms with Crippen LogP contribution in [0, 0.1) is 0 Å². The molecule has 0 saturated carbocycles. The van der Waals surface area contributed by atoms with Gasteiger partial charge in [-0.15, -0.1) is 0 Å². The molecule has 0 aromatic rings. The van der Waals surface area contributed by atoms with Gasteiger partial charge >= 0.3 is 6.18 Å². The van der Waals surface area contributed by atoms with Crippen molar-refractivity contribution in [1.82, 2.24) is 0 Å². The molecule has 1 aliphatic rings. The van der Waals surface area contributed by atoms with Crippen LogP contribution in [0.3, 0.4) is 0 Å². The minimum atomic E-state index is -4.33. The van der Waals surface area contributed by atoms with Gasteiger partial charge in [-0.2, -0.15) is 13.2 Å². The predicted octanol–water partition coefficient (Wildman–Crippen LogP) is 1.07. The zero-order chi connectivity index (χ0) is 10.6. The summed E-state index contributed by atoms with van der Waals surface area (Å²) in [6.45, 7) is 0.687. The van der Waals surface area contributed by atoms with E-state index >= 15 is 0 Å². The highest BCUT2D eigenvalue weighted by atomic mass is 19.4. The zero-order valence-electron chi connectivity index (χ0n) is 7.72. The van der Waals surface area contributed by atoms with Gasteiger partial charge < -0.3 is 15.2 Å². The molecule has 84 valence electrons. The second-order valence-corrected chi connectivity index (χ2v) is 3.23. The van der Waals surface area contributed by atoms with Gasteiger partial charge in [0, 0.05) is 6.61 Å². The van der Waals surface area contributed by atoms with Gasteiger partial charge in [-0.05, 0) is 19.4 Å². The summed E-state index contributed by atoms with van der Waals surface area (Å²) in [6, 6.07) is 0. The summed E-state index contributed by atoms with van der Waals surface area (Å²) in [5.74, 6) is 0. The van der Waals surface area contributed by atoms with E-state index in [4.69, 9.17) is 15.2 Å². The van der Waals surface area contributed by atoms with Crippen molar-refractivity contribution in [2.45, 2.75) is 31.2 Å². The van der Waals surface area contributed by atoms with Crippen LogP contribution in [-0.4, -0.2) is 38.1 Å². The lowest BCUT2D eigenvalue weighted by atomic mass is 10.2. The van der Waals surface area contributed by atoms with Crippen LogP contribution in [0.4, 0.5) is 13.2 Å². The number of ether oxygens (including phenoxy) is 2. The van der Waals surface area contributed by atoms with Gasteiger partial charge in [-0.3, -0.25) is 0 Å². The predicted molar refractivity (Wildman–Crippen MR) is 43.8 cm³/mol. The van der Waals surface area contributed by atoms with Crippen LogP contribution in [0.25, 0.3) is 0 Å². The molecule has 1 saturated heterocycles. The standard InChI is InChI=1S/C8H14F3NO2/c9-8(10,11)7(1-3-12)14-6-2-4-13-5-6/h6-7H,1-5,12H2. The van der Waals surface area contributed by atoms with Crippen LogP contribution in [-0.2, 0) is 9.47 Å². The molecule has 2 atom stereocenters. The maximum atomic E-state index is 12.3. The summed E-state index contributed by atoms with van der Waals surface area (Å²) in [5.41, 5.74) is 5.09. The molecule has 2 N–H and O–H groups in total. The molecule has 0 aromatic heterocycles. The Morgan fingerprint density at radius 2 is 2.21 bits per heavy atom. The maximum Gasteiger partial charge on any atom is 0.414 e. The SMILES string of the molecule is NCCC(OC1CCOC1)C(F)(F)F. The van der Waals surface area contributed by atoms with Gasteiger partial charge in [0.15, 0.2) is 6.10 Å². The Morgan fingerprint density at radius 3 is 2.64 bits per heavy atom.